The Hall–Kier alpha value is -0.110. The van der Waals surface area contributed by atoms with Gasteiger partial charge in [-0.05, 0) is 63.5 Å². The molecule has 1 saturated heterocycles. The van der Waals surface area contributed by atoms with Crippen molar-refractivity contribution in [1.82, 2.24) is 5.32 Å². The molecule has 1 heterocycles. The average Bonchev–Trinajstić information content (AvgIpc) is 2.62. The van der Waals surface area contributed by atoms with Crippen LogP contribution in [0.1, 0.15) is 38.5 Å². The Morgan fingerprint density at radius 1 is 1.00 bits per heavy atom. The molecule has 1 atom stereocenters. The third-order valence-electron chi connectivity index (χ3n) is 3.61. The van der Waals surface area contributed by atoms with Crippen LogP contribution in [0.2, 0.25) is 0 Å². The molecule has 0 spiro atoms. The van der Waals surface area contributed by atoms with Crippen LogP contribution >= 0.6 is 0 Å². The van der Waals surface area contributed by atoms with Gasteiger partial charge in [-0.2, -0.15) is 0 Å². The molecule has 76 valence electrons. The summed E-state index contributed by atoms with van der Waals surface area (Å²) < 4.78 is 12.9. The lowest BCUT2D eigenvalue weighted by Crippen LogP contribution is -2.19. The van der Waals surface area contributed by atoms with Crippen LogP contribution in [0.3, 0.4) is 0 Å². The first-order valence-electron chi connectivity index (χ1n) is 5.69. The van der Waals surface area contributed by atoms with Gasteiger partial charge in [0.1, 0.15) is 6.17 Å². The second-order valence-corrected chi connectivity index (χ2v) is 4.71. The zero-order chi connectivity index (χ0) is 9.10. The average molecular weight is 185 g/mol. The van der Waals surface area contributed by atoms with Crippen molar-refractivity contribution in [2.75, 3.05) is 13.1 Å². The van der Waals surface area contributed by atoms with Gasteiger partial charge in [0.25, 0.3) is 0 Å². The van der Waals surface area contributed by atoms with Gasteiger partial charge in [0, 0.05) is 0 Å². The summed E-state index contributed by atoms with van der Waals surface area (Å²) in [6.07, 6.45) is 6.12. The van der Waals surface area contributed by atoms with Crippen LogP contribution in [0.4, 0.5) is 4.39 Å². The molecule has 0 aromatic carbocycles. The first-order valence-corrected chi connectivity index (χ1v) is 5.69. The number of rotatable bonds is 2. The van der Waals surface area contributed by atoms with Crippen molar-refractivity contribution in [1.29, 1.82) is 0 Å². The molecule has 0 aromatic rings. The van der Waals surface area contributed by atoms with Crippen LogP contribution in [0.25, 0.3) is 0 Å². The number of hydrogen-bond donors (Lipinski definition) is 1. The van der Waals surface area contributed by atoms with Crippen molar-refractivity contribution in [3.8, 4) is 0 Å². The van der Waals surface area contributed by atoms with Gasteiger partial charge in [-0.25, -0.2) is 4.39 Å². The molecule has 1 saturated carbocycles. The minimum atomic E-state index is -0.488. The number of hydrogen-bond acceptors (Lipinski definition) is 1. The number of halogens is 1. The van der Waals surface area contributed by atoms with Crippen molar-refractivity contribution in [3.63, 3.8) is 0 Å². The van der Waals surface area contributed by atoms with E-state index in [1.54, 1.807) is 0 Å². The van der Waals surface area contributed by atoms with Crippen LogP contribution in [0.5, 0.6) is 0 Å². The number of nitrogens with one attached hydrogen (secondary N) is 1. The zero-order valence-electron chi connectivity index (χ0n) is 8.27. The smallest absolute Gasteiger partial charge is 0.100 e. The predicted molar refractivity (Wildman–Crippen MR) is 52.4 cm³/mol. The van der Waals surface area contributed by atoms with Crippen molar-refractivity contribution in [2.24, 2.45) is 11.8 Å². The summed E-state index contributed by atoms with van der Waals surface area (Å²) in [4.78, 5) is 0. The first-order chi connectivity index (χ1) is 6.34. The van der Waals surface area contributed by atoms with Crippen molar-refractivity contribution in [2.45, 2.75) is 44.7 Å². The SMILES string of the molecule is FC1CCC(CC2CCNC2)CC1. The van der Waals surface area contributed by atoms with Gasteiger partial charge in [-0.15, -0.1) is 0 Å². The molecule has 2 heteroatoms. The fourth-order valence-corrected chi connectivity index (χ4v) is 2.74. The Kier molecular flexibility index (Phi) is 3.20. The Labute approximate surface area is 80.1 Å². The molecule has 1 aliphatic carbocycles. The highest BCUT2D eigenvalue weighted by molar-refractivity contribution is 4.78. The van der Waals surface area contributed by atoms with E-state index in [1.165, 1.54) is 25.9 Å². The van der Waals surface area contributed by atoms with E-state index < -0.39 is 6.17 Å². The molecule has 1 aliphatic heterocycles. The fourth-order valence-electron chi connectivity index (χ4n) is 2.74. The predicted octanol–water partition coefficient (Wildman–Crippen LogP) is 2.51. The van der Waals surface area contributed by atoms with Gasteiger partial charge < -0.3 is 5.32 Å². The van der Waals surface area contributed by atoms with Crippen LogP contribution in [-0.2, 0) is 0 Å². The molecule has 0 amide bonds. The van der Waals surface area contributed by atoms with Crippen LogP contribution in [-0.4, -0.2) is 19.3 Å². The summed E-state index contributed by atoms with van der Waals surface area (Å²) in [6.45, 7) is 2.40. The summed E-state index contributed by atoms with van der Waals surface area (Å²) in [5.74, 6) is 1.72. The normalized spacial score (nSPS) is 40.8. The van der Waals surface area contributed by atoms with Crippen LogP contribution in [0, 0.1) is 11.8 Å². The van der Waals surface area contributed by atoms with E-state index in [4.69, 9.17) is 0 Å². The lowest BCUT2D eigenvalue weighted by atomic mass is 9.82. The quantitative estimate of drug-likeness (QED) is 0.697. The molecular weight excluding hydrogens is 165 g/mol. The zero-order valence-corrected chi connectivity index (χ0v) is 8.27. The standard InChI is InChI=1S/C11H20FN/c12-11-3-1-9(2-4-11)7-10-5-6-13-8-10/h9-11,13H,1-8H2. The van der Waals surface area contributed by atoms with Gasteiger partial charge in [-0.1, -0.05) is 0 Å². The van der Waals surface area contributed by atoms with Crippen LogP contribution in [0.15, 0.2) is 0 Å². The van der Waals surface area contributed by atoms with Gasteiger partial charge in [0.15, 0.2) is 0 Å². The second-order valence-electron chi connectivity index (χ2n) is 4.71. The summed E-state index contributed by atoms with van der Waals surface area (Å²) in [5, 5.41) is 3.40. The van der Waals surface area contributed by atoms with Gasteiger partial charge in [-0.3, -0.25) is 0 Å². The maximum Gasteiger partial charge on any atom is 0.100 e. The largest absolute Gasteiger partial charge is 0.316 e. The number of alkyl halides is 1. The molecule has 13 heavy (non-hydrogen) atoms. The van der Waals surface area contributed by atoms with Crippen molar-refractivity contribution in [3.05, 3.63) is 0 Å². The van der Waals surface area contributed by atoms with Gasteiger partial charge in [0.2, 0.25) is 0 Å². The second kappa shape index (κ2) is 4.41. The molecule has 0 bridgehead atoms. The van der Waals surface area contributed by atoms with E-state index in [2.05, 4.69) is 5.32 Å². The highest BCUT2D eigenvalue weighted by Gasteiger charge is 2.24. The molecule has 1 N–H and O–H groups in total. The van der Waals surface area contributed by atoms with E-state index in [0.29, 0.717) is 0 Å². The summed E-state index contributed by atoms with van der Waals surface area (Å²) in [5.41, 5.74) is 0. The Morgan fingerprint density at radius 3 is 2.38 bits per heavy atom. The minimum absolute atomic E-state index is 0.488. The molecular formula is C11H20FN. The Bertz CT molecular complexity index is 146. The molecule has 2 aliphatic rings. The first kappa shape index (κ1) is 9.45. The van der Waals surface area contributed by atoms with E-state index in [-0.39, 0.29) is 0 Å². The molecule has 1 nitrogen and oxygen atoms in total. The van der Waals surface area contributed by atoms with Crippen molar-refractivity contribution < 1.29 is 4.39 Å². The third-order valence-corrected chi connectivity index (χ3v) is 3.61. The van der Waals surface area contributed by atoms with Crippen molar-refractivity contribution >= 4 is 0 Å². The maximum atomic E-state index is 12.9. The molecule has 2 rings (SSSR count). The van der Waals surface area contributed by atoms with E-state index in [1.807, 2.05) is 0 Å². The molecule has 1 unspecified atom stereocenters. The van der Waals surface area contributed by atoms with Gasteiger partial charge in [0.05, 0.1) is 0 Å². The summed E-state index contributed by atoms with van der Waals surface area (Å²) in [7, 11) is 0. The third kappa shape index (κ3) is 2.67. The molecule has 2 fully saturated rings. The molecule has 0 radical (unpaired) electrons. The Balaban J connectivity index is 1.69. The fraction of sp³-hybridized carbons (Fsp3) is 1.00. The lowest BCUT2D eigenvalue weighted by Gasteiger charge is -2.26. The van der Waals surface area contributed by atoms with E-state index in [0.717, 1.165) is 37.5 Å². The summed E-state index contributed by atoms with van der Waals surface area (Å²) >= 11 is 0. The Morgan fingerprint density at radius 2 is 1.77 bits per heavy atom. The monoisotopic (exact) mass is 185 g/mol. The van der Waals surface area contributed by atoms with Gasteiger partial charge >= 0.3 is 0 Å². The maximum absolute atomic E-state index is 12.9. The van der Waals surface area contributed by atoms with Crippen LogP contribution < -0.4 is 5.32 Å². The highest BCUT2D eigenvalue weighted by Crippen LogP contribution is 2.32. The topological polar surface area (TPSA) is 12.0 Å². The highest BCUT2D eigenvalue weighted by atomic mass is 19.1. The summed E-state index contributed by atoms with van der Waals surface area (Å²) in [6, 6.07) is 0. The van der Waals surface area contributed by atoms with E-state index in [9.17, 15) is 4.39 Å². The molecule has 0 aromatic heterocycles. The lowest BCUT2D eigenvalue weighted by molar-refractivity contribution is 0.189. The minimum Gasteiger partial charge on any atom is -0.316 e. The van der Waals surface area contributed by atoms with E-state index >= 15 is 0 Å².